The molecule has 1 fully saturated rings. The number of benzene rings is 1. The van der Waals surface area contributed by atoms with E-state index in [1.54, 1.807) is 14.0 Å². The lowest BCUT2D eigenvalue weighted by Crippen LogP contribution is -3.15. The summed E-state index contributed by atoms with van der Waals surface area (Å²) in [6, 6.07) is 2.68. The van der Waals surface area contributed by atoms with Crippen molar-refractivity contribution >= 4 is 23.8 Å². The van der Waals surface area contributed by atoms with E-state index in [9.17, 15) is 19.2 Å². The molecule has 1 aromatic rings. The average molecular weight is 420 g/mol. The second kappa shape index (κ2) is 8.70. The van der Waals surface area contributed by atoms with E-state index in [-0.39, 0.29) is 25.7 Å². The third-order valence-electron chi connectivity index (χ3n) is 5.64. The molecule has 162 valence electrons. The smallest absolute Gasteiger partial charge is 0.338 e. The van der Waals surface area contributed by atoms with Crippen molar-refractivity contribution in [1.29, 1.82) is 0 Å². The van der Waals surface area contributed by atoms with Crippen molar-refractivity contribution in [2.24, 2.45) is 0 Å². The van der Waals surface area contributed by atoms with E-state index >= 15 is 0 Å². The Morgan fingerprint density at radius 1 is 1.07 bits per heavy atom. The van der Waals surface area contributed by atoms with Gasteiger partial charge >= 0.3 is 23.8 Å². The van der Waals surface area contributed by atoms with E-state index in [2.05, 4.69) is 0 Å². The minimum absolute atomic E-state index is 0.0185. The Hall–Kier alpha value is -3.14. The van der Waals surface area contributed by atoms with Crippen LogP contribution in [0.3, 0.4) is 0 Å². The van der Waals surface area contributed by atoms with Crippen LogP contribution in [0.5, 0.6) is 11.5 Å². The number of fused-ring (bicyclic) bond motifs is 1. The zero-order valence-corrected chi connectivity index (χ0v) is 17.5. The standard InChI is InChI=1S/C20H25N3O7/c1-5-22-18(25)19(26)23(20(22)27)11-21-7-6-12-8-15(28-2)16(29-3)9-13(12)14(21)10-17(24)30-4/h8-9,14H,5-7,10-11H2,1-4H3/p+1/t14-/m1/s1. The van der Waals surface area contributed by atoms with Gasteiger partial charge < -0.3 is 19.1 Å². The van der Waals surface area contributed by atoms with E-state index in [4.69, 9.17) is 14.2 Å². The molecule has 10 heteroatoms. The van der Waals surface area contributed by atoms with Crippen LogP contribution in [0, 0.1) is 0 Å². The number of carbonyl (C=O) groups is 4. The first-order chi connectivity index (χ1) is 14.4. The highest BCUT2D eigenvalue weighted by molar-refractivity contribution is 6.44. The van der Waals surface area contributed by atoms with Gasteiger partial charge in [0.25, 0.3) is 0 Å². The summed E-state index contributed by atoms with van der Waals surface area (Å²) >= 11 is 0. The Kier molecular flexibility index (Phi) is 6.25. The van der Waals surface area contributed by atoms with Gasteiger partial charge in [-0.2, -0.15) is 0 Å². The fourth-order valence-electron chi connectivity index (χ4n) is 4.03. The van der Waals surface area contributed by atoms with Gasteiger partial charge in [-0.25, -0.2) is 9.69 Å². The molecular weight excluding hydrogens is 394 g/mol. The Labute approximate surface area is 174 Å². The van der Waals surface area contributed by atoms with Gasteiger partial charge in [-0.05, 0) is 24.6 Å². The summed E-state index contributed by atoms with van der Waals surface area (Å²) in [6.07, 6.45) is 0.695. The molecule has 10 nitrogen and oxygen atoms in total. The maximum atomic E-state index is 12.5. The van der Waals surface area contributed by atoms with Crippen LogP contribution in [0.4, 0.5) is 4.79 Å². The fraction of sp³-hybridized carbons (Fsp3) is 0.500. The first-order valence-electron chi connectivity index (χ1n) is 9.69. The number of amides is 4. The van der Waals surface area contributed by atoms with Gasteiger partial charge in [0, 0.05) is 18.5 Å². The minimum atomic E-state index is -0.843. The zero-order valence-electron chi connectivity index (χ0n) is 17.5. The summed E-state index contributed by atoms with van der Waals surface area (Å²) in [6.45, 7) is 2.30. The number of likely N-dealkylation sites (N-methyl/N-ethyl adjacent to an activating group) is 1. The fourth-order valence-corrected chi connectivity index (χ4v) is 4.03. The maximum absolute atomic E-state index is 12.5. The zero-order chi connectivity index (χ0) is 22.0. The quantitative estimate of drug-likeness (QED) is 0.361. The van der Waals surface area contributed by atoms with Crippen LogP contribution in [0.1, 0.15) is 30.5 Å². The number of methoxy groups -OCH3 is 3. The second-order valence-electron chi connectivity index (χ2n) is 7.12. The van der Waals surface area contributed by atoms with Crippen LogP contribution in [0.15, 0.2) is 12.1 Å². The van der Waals surface area contributed by atoms with Crippen molar-refractivity contribution in [3.8, 4) is 11.5 Å². The van der Waals surface area contributed by atoms with Crippen LogP contribution in [-0.4, -0.2) is 74.7 Å². The number of rotatable bonds is 7. The summed E-state index contributed by atoms with van der Waals surface area (Å²) in [7, 11) is 4.39. The number of quaternary nitrogens is 1. The van der Waals surface area contributed by atoms with E-state index < -0.39 is 23.8 Å². The van der Waals surface area contributed by atoms with E-state index in [1.165, 1.54) is 14.2 Å². The molecule has 2 aliphatic heterocycles. The largest absolute Gasteiger partial charge is 0.493 e. The molecule has 2 heterocycles. The molecular formula is C20H26N3O7+. The number of ether oxygens (including phenoxy) is 3. The molecule has 1 aromatic carbocycles. The molecule has 30 heavy (non-hydrogen) atoms. The highest BCUT2D eigenvalue weighted by Crippen LogP contribution is 2.35. The predicted molar refractivity (Wildman–Crippen MR) is 103 cm³/mol. The first kappa shape index (κ1) is 21.6. The summed E-state index contributed by atoms with van der Waals surface area (Å²) in [5.74, 6) is -0.969. The van der Waals surface area contributed by atoms with E-state index in [0.29, 0.717) is 24.5 Å². The number of hydrogen-bond donors (Lipinski definition) is 1. The molecule has 1 saturated heterocycles. The summed E-state index contributed by atoms with van der Waals surface area (Å²) in [5.41, 5.74) is 1.85. The first-order valence-corrected chi connectivity index (χ1v) is 9.69. The van der Waals surface area contributed by atoms with Crippen molar-refractivity contribution in [3.63, 3.8) is 0 Å². The number of esters is 1. The third-order valence-corrected chi connectivity index (χ3v) is 5.64. The molecule has 3 rings (SSSR count). The van der Waals surface area contributed by atoms with Crippen molar-refractivity contribution in [3.05, 3.63) is 23.3 Å². The van der Waals surface area contributed by atoms with Crippen LogP contribution in [-0.2, 0) is 25.5 Å². The van der Waals surface area contributed by atoms with Gasteiger partial charge in [-0.1, -0.05) is 0 Å². The molecule has 2 aliphatic rings. The normalized spacial score (nSPS) is 21.0. The molecule has 0 saturated carbocycles. The van der Waals surface area contributed by atoms with Crippen molar-refractivity contribution in [2.45, 2.75) is 25.8 Å². The van der Waals surface area contributed by atoms with Gasteiger partial charge in [0.05, 0.1) is 27.9 Å². The Morgan fingerprint density at radius 3 is 2.27 bits per heavy atom. The molecule has 0 bridgehead atoms. The highest BCUT2D eigenvalue weighted by atomic mass is 16.5. The van der Waals surface area contributed by atoms with Crippen LogP contribution in [0.2, 0.25) is 0 Å². The highest BCUT2D eigenvalue weighted by Gasteiger charge is 2.47. The molecule has 2 atom stereocenters. The molecule has 1 N–H and O–H groups in total. The van der Waals surface area contributed by atoms with E-state index in [1.807, 2.05) is 12.1 Å². The lowest BCUT2D eigenvalue weighted by molar-refractivity contribution is -0.940. The summed E-state index contributed by atoms with van der Waals surface area (Å²) in [5, 5.41) is 0. The lowest BCUT2D eigenvalue weighted by Gasteiger charge is -2.35. The van der Waals surface area contributed by atoms with Gasteiger partial charge in [0.1, 0.15) is 12.5 Å². The number of hydrogen-bond acceptors (Lipinski definition) is 7. The van der Waals surface area contributed by atoms with Crippen molar-refractivity contribution < 1.29 is 38.3 Å². The second-order valence-corrected chi connectivity index (χ2v) is 7.12. The predicted octanol–water partition coefficient (Wildman–Crippen LogP) is -0.483. The Balaban J connectivity index is 1.95. The SMILES string of the molecule is CCN1C(=O)C(=O)N(C[NH+]2CCc3cc(OC)c(OC)cc3[C@H]2CC(=O)OC)C1=O. The molecule has 0 spiro atoms. The Bertz CT molecular complexity index is 885. The van der Waals surface area contributed by atoms with Gasteiger partial charge in [-0.15, -0.1) is 0 Å². The maximum Gasteiger partial charge on any atom is 0.338 e. The molecule has 0 aromatic heterocycles. The van der Waals surface area contributed by atoms with Gasteiger partial charge in [0.2, 0.25) is 0 Å². The molecule has 0 radical (unpaired) electrons. The molecule has 4 amide bonds. The topological polar surface area (TPSA) is 107 Å². The monoisotopic (exact) mass is 420 g/mol. The van der Waals surface area contributed by atoms with Crippen LogP contribution < -0.4 is 14.4 Å². The molecule has 1 unspecified atom stereocenters. The summed E-state index contributed by atoms with van der Waals surface area (Å²) < 4.78 is 15.6. The number of imide groups is 2. The van der Waals surface area contributed by atoms with E-state index in [0.717, 1.165) is 25.8 Å². The van der Waals surface area contributed by atoms with Crippen molar-refractivity contribution in [1.82, 2.24) is 9.80 Å². The molecule has 0 aliphatic carbocycles. The summed E-state index contributed by atoms with van der Waals surface area (Å²) in [4.78, 5) is 51.7. The minimum Gasteiger partial charge on any atom is -0.493 e. The van der Waals surface area contributed by atoms with Crippen molar-refractivity contribution in [2.75, 3.05) is 41.1 Å². The number of nitrogens with zero attached hydrogens (tertiary/aromatic N) is 2. The lowest BCUT2D eigenvalue weighted by atomic mass is 9.90. The van der Waals surface area contributed by atoms with Crippen LogP contribution in [0.25, 0.3) is 0 Å². The number of carbonyl (C=O) groups excluding carboxylic acids is 4. The average Bonchev–Trinajstić information content (AvgIpc) is 2.96. The number of urea groups is 1. The van der Waals surface area contributed by atoms with Gasteiger partial charge in [-0.3, -0.25) is 19.3 Å². The van der Waals surface area contributed by atoms with Crippen LogP contribution >= 0.6 is 0 Å². The Morgan fingerprint density at radius 2 is 1.70 bits per heavy atom. The number of nitrogens with one attached hydrogen (secondary N) is 1. The van der Waals surface area contributed by atoms with Gasteiger partial charge in [0.15, 0.2) is 18.2 Å². The third kappa shape index (κ3) is 3.70.